The third-order valence-electron chi connectivity index (χ3n) is 5.18. The molecule has 0 amide bonds. The largest absolute Gasteiger partial charge is 0.416 e. The van der Waals surface area contributed by atoms with Crippen molar-refractivity contribution in [2.24, 2.45) is 5.92 Å². The SMILES string of the molecule is Cc1cc(CN2CCC3CN(c4cc(C(F)(F)F)ccn4)CC32)n[nH]1. The van der Waals surface area contributed by atoms with Crippen molar-refractivity contribution in [3.8, 4) is 0 Å². The van der Waals surface area contributed by atoms with Crippen LogP contribution < -0.4 is 4.90 Å². The second-order valence-corrected chi connectivity index (χ2v) is 6.93. The molecule has 0 saturated carbocycles. The van der Waals surface area contributed by atoms with Gasteiger partial charge in [0, 0.05) is 37.6 Å². The normalized spacial score (nSPS) is 24.1. The number of anilines is 1. The van der Waals surface area contributed by atoms with Crippen molar-refractivity contribution in [3.63, 3.8) is 0 Å². The van der Waals surface area contributed by atoms with Crippen LogP contribution in [0, 0.1) is 12.8 Å². The van der Waals surface area contributed by atoms with Gasteiger partial charge in [-0.05, 0) is 44.0 Å². The number of hydrogen-bond donors (Lipinski definition) is 1. The lowest BCUT2D eigenvalue weighted by molar-refractivity contribution is -0.137. The zero-order valence-electron chi connectivity index (χ0n) is 13.9. The zero-order valence-corrected chi connectivity index (χ0v) is 13.9. The number of nitrogens with one attached hydrogen (secondary N) is 1. The molecular weight excluding hydrogens is 331 g/mol. The molecule has 134 valence electrons. The fraction of sp³-hybridized carbons (Fsp3) is 0.529. The molecule has 2 unspecified atom stereocenters. The minimum Gasteiger partial charge on any atom is -0.355 e. The van der Waals surface area contributed by atoms with Crippen LogP contribution in [0.15, 0.2) is 24.4 Å². The molecule has 2 fully saturated rings. The lowest BCUT2D eigenvalue weighted by Gasteiger charge is -2.24. The highest BCUT2D eigenvalue weighted by atomic mass is 19.4. The number of fused-ring (bicyclic) bond motifs is 1. The summed E-state index contributed by atoms with van der Waals surface area (Å²) >= 11 is 0. The summed E-state index contributed by atoms with van der Waals surface area (Å²) in [6.45, 7) is 5.22. The van der Waals surface area contributed by atoms with Crippen molar-refractivity contribution in [1.29, 1.82) is 0 Å². The number of H-pyrrole nitrogens is 1. The van der Waals surface area contributed by atoms with E-state index in [1.165, 1.54) is 6.20 Å². The number of alkyl halides is 3. The molecule has 0 aromatic carbocycles. The number of rotatable bonds is 3. The number of pyridine rings is 1. The standard InChI is InChI=1S/C17H20F3N5/c1-11-6-14(23-22-11)9-24-5-3-12-8-25(10-15(12)24)16-7-13(2-4-21-16)17(18,19)20/h2,4,6-7,12,15H,3,5,8-10H2,1H3,(H,22,23). The molecule has 0 aliphatic carbocycles. The van der Waals surface area contributed by atoms with E-state index in [1.807, 2.05) is 17.9 Å². The minimum atomic E-state index is -4.34. The fourth-order valence-electron chi connectivity index (χ4n) is 3.96. The van der Waals surface area contributed by atoms with E-state index in [9.17, 15) is 13.2 Å². The molecule has 2 aromatic heterocycles. The number of hydrogen-bond acceptors (Lipinski definition) is 4. The van der Waals surface area contributed by atoms with Crippen molar-refractivity contribution in [1.82, 2.24) is 20.1 Å². The number of aromatic nitrogens is 3. The van der Waals surface area contributed by atoms with Gasteiger partial charge in [-0.15, -0.1) is 0 Å². The summed E-state index contributed by atoms with van der Waals surface area (Å²) in [6, 6.07) is 4.55. The Labute approximate surface area is 143 Å². The van der Waals surface area contributed by atoms with Crippen LogP contribution >= 0.6 is 0 Å². The molecule has 2 saturated heterocycles. The first-order valence-corrected chi connectivity index (χ1v) is 8.43. The minimum absolute atomic E-state index is 0.341. The van der Waals surface area contributed by atoms with Gasteiger partial charge in [0.15, 0.2) is 0 Å². The van der Waals surface area contributed by atoms with Gasteiger partial charge in [0.2, 0.25) is 0 Å². The maximum absolute atomic E-state index is 12.9. The predicted molar refractivity (Wildman–Crippen MR) is 87.1 cm³/mol. The highest BCUT2D eigenvalue weighted by molar-refractivity contribution is 5.44. The average Bonchev–Trinajstić information content (AvgIpc) is 3.24. The van der Waals surface area contributed by atoms with E-state index in [1.54, 1.807) is 0 Å². The van der Waals surface area contributed by atoms with Gasteiger partial charge >= 0.3 is 6.18 Å². The zero-order chi connectivity index (χ0) is 17.6. The summed E-state index contributed by atoms with van der Waals surface area (Å²) in [7, 11) is 0. The van der Waals surface area contributed by atoms with Crippen molar-refractivity contribution < 1.29 is 13.2 Å². The number of aromatic amines is 1. The molecule has 2 atom stereocenters. The van der Waals surface area contributed by atoms with Crippen LogP contribution in [0.5, 0.6) is 0 Å². The third kappa shape index (κ3) is 3.22. The predicted octanol–water partition coefficient (Wildman–Crippen LogP) is 2.84. The number of likely N-dealkylation sites (tertiary alicyclic amines) is 1. The maximum atomic E-state index is 12.9. The Morgan fingerprint density at radius 2 is 2.12 bits per heavy atom. The summed E-state index contributed by atoms with van der Waals surface area (Å²) in [5.41, 5.74) is 1.40. The Morgan fingerprint density at radius 3 is 2.84 bits per heavy atom. The van der Waals surface area contributed by atoms with E-state index in [4.69, 9.17) is 0 Å². The lowest BCUT2D eigenvalue weighted by atomic mass is 10.1. The van der Waals surface area contributed by atoms with Gasteiger partial charge in [-0.25, -0.2) is 4.98 Å². The Bertz CT molecular complexity index is 757. The second kappa shape index (κ2) is 6.01. The first-order valence-electron chi connectivity index (χ1n) is 8.43. The van der Waals surface area contributed by atoms with E-state index in [2.05, 4.69) is 20.1 Å². The molecule has 2 aromatic rings. The number of nitrogens with zero attached hydrogens (tertiary/aromatic N) is 4. The molecule has 0 radical (unpaired) electrons. The van der Waals surface area contributed by atoms with Crippen molar-refractivity contribution in [2.45, 2.75) is 32.1 Å². The van der Waals surface area contributed by atoms with E-state index in [-0.39, 0.29) is 0 Å². The van der Waals surface area contributed by atoms with E-state index in [0.29, 0.717) is 24.3 Å². The van der Waals surface area contributed by atoms with Gasteiger partial charge in [-0.3, -0.25) is 10.00 Å². The van der Waals surface area contributed by atoms with Crippen molar-refractivity contribution >= 4 is 5.82 Å². The summed E-state index contributed by atoms with van der Waals surface area (Å²) in [6.07, 6.45) is -2.03. The first kappa shape index (κ1) is 16.4. The highest BCUT2D eigenvalue weighted by Crippen LogP contribution is 2.36. The molecular formula is C17H20F3N5. The molecule has 1 N–H and O–H groups in total. The van der Waals surface area contributed by atoms with Crippen LogP contribution in [-0.4, -0.2) is 45.8 Å². The Morgan fingerprint density at radius 1 is 1.28 bits per heavy atom. The average molecular weight is 351 g/mol. The molecule has 0 spiro atoms. The Hall–Kier alpha value is -2.09. The summed E-state index contributed by atoms with van der Waals surface area (Å²) < 4.78 is 38.8. The van der Waals surface area contributed by atoms with Gasteiger partial charge in [0.1, 0.15) is 5.82 Å². The van der Waals surface area contributed by atoms with Gasteiger partial charge in [0.25, 0.3) is 0 Å². The molecule has 5 nitrogen and oxygen atoms in total. The number of aryl methyl sites for hydroxylation is 1. The maximum Gasteiger partial charge on any atom is 0.416 e. The molecule has 8 heteroatoms. The summed E-state index contributed by atoms with van der Waals surface area (Å²) in [5, 5.41) is 7.25. The Balaban J connectivity index is 1.47. The van der Waals surface area contributed by atoms with Gasteiger partial charge in [-0.1, -0.05) is 0 Å². The molecule has 0 bridgehead atoms. The van der Waals surface area contributed by atoms with Crippen LogP contribution in [0.1, 0.15) is 23.4 Å². The summed E-state index contributed by atoms with van der Waals surface area (Å²) in [5.74, 6) is 0.885. The van der Waals surface area contributed by atoms with Crippen molar-refractivity contribution in [3.05, 3.63) is 41.3 Å². The van der Waals surface area contributed by atoms with E-state index < -0.39 is 11.7 Å². The fourth-order valence-corrected chi connectivity index (χ4v) is 3.96. The van der Waals surface area contributed by atoms with Crippen LogP contribution in [0.3, 0.4) is 0 Å². The topological polar surface area (TPSA) is 48.1 Å². The molecule has 2 aliphatic heterocycles. The second-order valence-electron chi connectivity index (χ2n) is 6.93. The highest BCUT2D eigenvalue weighted by Gasteiger charge is 2.42. The van der Waals surface area contributed by atoms with Gasteiger partial charge in [0.05, 0.1) is 11.3 Å². The van der Waals surface area contributed by atoms with Crippen LogP contribution in [0.4, 0.5) is 19.0 Å². The molecule has 25 heavy (non-hydrogen) atoms. The van der Waals surface area contributed by atoms with Crippen molar-refractivity contribution in [2.75, 3.05) is 24.5 Å². The third-order valence-corrected chi connectivity index (χ3v) is 5.18. The quantitative estimate of drug-likeness (QED) is 0.924. The Kier molecular flexibility index (Phi) is 3.94. The molecule has 4 heterocycles. The molecule has 2 aliphatic rings. The smallest absolute Gasteiger partial charge is 0.355 e. The van der Waals surface area contributed by atoms with Gasteiger partial charge in [-0.2, -0.15) is 18.3 Å². The number of halogens is 3. The van der Waals surface area contributed by atoms with E-state index in [0.717, 1.165) is 49.6 Å². The van der Waals surface area contributed by atoms with Crippen LogP contribution in [0.25, 0.3) is 0 Å². The van der Waals surface area contributed by atoms with Crippen LogP contribution in [-0.2, 0) is 12.7 Å². The lowest BCUT2D eigenvalue weighted by Crippen LogP contribution is -2.35. The monoisotopic (exact) mass is 351 g/mol. The summed E-state index contributed by atoms with van der Waals surface area (Å²) in [4.78, 5) is 8.53. The first-order chi connectivity index (χ1) is 11.9. The van der Waals surface area contributed by atoms with E-state index >= 15 is 0 Å². The molecule has 4 rings (SSSR count). The van der Waals surface area contributed by atoms with Crippen LogP contribution in [0.2, 0.25) is 0 Å². The van der Waals surface area contributed by atoms with Gasteiger partial charge < -0.3 is 4.90 Å².